The monoisotopic (exact) mass is 412 g/mol. The van der Waals surface area contributed by atoms with Gasteiger partial charge in [-0.3, -0.25) is 4.57 Å². The number of nitrogens with zero attached hydrogens (tertiary/aromatic N) is 4. The third-order valence-electron chi connectivity index (χ3n) is 7.05. The molecule has 4 heteroatoms. The Hall–Kier alpha value is -4.05. The van der Waals surface area contributed by atoms with Crippen LogP contribution in [0.15, 0.2) is 85.5 Å². The maximum Gasteiger partial charge on any atom is 0.237 e. The molecule has 4 nitrogen and oxygen atoms in total. The van der Waals surface area contributed by atoms with Gasteiger partial charge in [0.05, 0.1) is 11.0 Å². The summed E-state index contributed by atoms with van der Waals surface area (Å²) in [6.07, 6.45) is 3.12. The Morgan fingerprint density at radius 1 is 0.656 bits per heavy atom. The fourth-order valence-electron chi connectivity index (χ4n) is 5.62. The second-order valence-electron chi connectivity index (χ2n) is 9.01. The maximum absolute atomic E-state index is 4.50. The zero-order valence-corrected chi connectivity index (χ0v) is 17.9. The third-order valence-corrected chi connectivity index (χ3v) is 7.05. The van der Waals surface area contributed by atoms with E-state index < -0.39 is 0 Å². The van der Waals surface area contributed by atoms with Crippen molar-refractivity contribution in [3.63, 3.8) is 0 Å². The molecule has 0 radical (unpaired) electrons. The van der Waals surface area contributed by atoms with Crippen molar-refractivity contribution in [2.45, 2.75) is 19.3 Å². The van der Waals surface area contributed by atoms with Crippen LogP contribution in [0.5, 0.6) is 0 Å². The Labute approximate surface area is 185 Å². The molecule has 0 bridgehead atoms. The average molecular weight is 412 g/mol. The zero-order chi connectivity index (χ0) is 21.4. The van der Waals surface area contributed by atoms with E-state index in [1.165, 1.54) is 43.8 Å². The maximum atomic E-state index is 4.50. The molecule has 2 heterocycles. The van der Waals surface area contributed by atoms with Crippen LogP contribution in [0.4, 0.5) is 0 Å². The van der Waals surface area contributed by atoms with Crippen molar-refractivity contribution in [3.8, 4) is 17.1 Å². The molecule has 4 aromatic carbocycles. The molecule has 0 saturated heterocycles. The van der Waals surface area contributed by atoms with Crippen molar-refractivity contribution in [1.29, 1.82) is 0 Å². The molecule has 0 saturated carbocycles. The lowest BCUT2D eigenvalue weighted by Crippen LogP contribution is -2.14. The molecule has 0 amide bonds. The molecule has 0 spiro atoms. The van der Waals surface area contributed by atoms with Crippen LogP contribution >= 0.6 is 0 Å². The minimum absolute atomic E-state index is 0.0179. The first kappa shape index (κ1) is 17.6. The Balaban J connectivity index is 1.70. The molecule has 0 N–H and O–H groups in total. The van der Waals surface area contributed by atoms with E-state index in [1.807, 2.05) is 0 Å². The van der Waals surface area contributed by atoms with E-state index in [9.17, 15) is 0 Å². The van der Waals surface area contributed by atoms with E-state index in [4.69, 9.17) is 0 Å². The van der Waals surface area contributed by atoms with Gasteiger partial charge < -0.3 is 0 Å². The predicted molar refractivity (Wildman–Crippen MR) is 129 cm³/mol. The second kappa shape index (κ2) is 6.01. The highest BCUT2D eigenvalue weighted by atomic mass is 15.2. The van der Waals surface area contributed by atoms with Crippen LogP contribution in [0, 0.1) is 0 Å². The van der Waals surface area contributed by atoms with E-state index in [-0.39, 0.29) is 5.41 Å². The molecule has 152 valence electrons. The van der Waals surface area contributed by atoms with Crippen LogP contribution in [0.3, 0.4) is 0 Å². The molecule has 1 aliphatic rings. The fourth-order valence-corrected chi connectivity index (χ4v) is 5.62. The van der Waals surface area contributed by atoms with Gasteiger partial charge >= 0.3 is 0 Å². The molecule has 0 unspecified atom stereocenters. The third kappa shape index (κ3) is 2.09. The molecular weight excluding hydrogens is 392 g/mol. The number of benzene rings is 4. The number of hydrogen-bond donors (Lipinski definition) is 0. The summed E-state index contributed by atoms with van der Waals surface area (Å²) in [6, 6.07) is 26.4. The predicted octanol–water partition coefficient (Wildman–Crippen LogP) is 6.43. The summed E-state index contributed by atoms with van der Waals surface area (Å²) in [4.78, 5) is 13.0. The summed E-state index contributed by atoms with van der Waals surface area (Å²) in [5.74, 6) is 0.639. The standard InChI is InChI=1S/C28H20N4/c1-28(2)22-9-5-3-8-21(22)25-18-11-12-19-17-7-4-6-10-24(17)32(27-30-15-29-16-31-27)26(19)20(18)13-14-23(25)28/h3-16H,1-2H3. The quantitative estimate of drug-likeness (QED) is 0.313. The van der Waals surface area contributed by atoms with E-state index in [2.05, 4.69) is 106 Å². The zero-order valence-electron chi connectivity index (χ0n) is 17.9. The molecule has 1 aliphatic carbocycles. The average Bonchev–Trinajstić information content (AvgIpc) is 3.30. The molecular formula is C28H20N4. The van der Waals surface area contributed by atoms with Crippen LogP contribution in [0.2, 0.25) is 0 Å². The first-order chi connectivity index (χ1) is 15.7. The second-order valence-corrected chi connectivity index (χ2v) is 9.01. The summed E-state index contributed by atoms with van der Waals surface area (Å²) < 4.78 is 2.17. The normalized spacial score (nSPS) is 14.2. The van der Waals surface area contributed by atoms with Crippen molar-refractivity contribution in [2.24, 2.45) is 0 Å². The minimum Gasteiger partial charge on any atom is -0.277 e. The lowest BCUT2D eigenvalue weighted by molar-refractivity contribution is 0.661. The van der Waals surface area contributed by atoms with Crippen LogP contribution in [-0.4, -0.2) is 19.5 Å². The van der Waals surface area contributed by atoms with Crippen LogP contribution in [0.25, 0.3) is 49.7 Å². The lowest BCUT2D eigenvalue weighted by Gasteiger charge is -2.21. The van der Waals surface area contributed by atoms with Gasteiger partial charge in [-0.15, -0.1) is 0 Å². The number of hydrogen-bond acceptors (Lipinski definition) is 3. The summed E-state index contributed by atoms with van der Waals surface area (Å²) in [5.41, 5.74) is 7.67. The summed E-state index contributed by atoms with van der Waals surface area (Å²) in [5, 5.41) is 4.89. The number of rotatable bonds is 1. The number of aromatic nitrogens is 4. The Morgan fingerprint density at radius 3 is 2.22 bits per heavy atom. The van der Waals surface area contributed by atoms with Crippen LogP contribution in [-0.2, 0) is 5.41 Å². The molecule has 0 atom stereocenters. The van der Waals surface area contributed by atoms with Gasteiger partial charge in [0, 0.05) is 21.6 Å². The van der Waals surface area contributed by atoms with Crippen molar-refractivity contribution in [2.75, 3.05) is 0 Å². The Bertz CT molecular complexity index is 1690. The van der Waals surface area contributed by atoms with E-state index in [1.54, 1.807) is 12.7 Å². The fraction of sp³-hybridized carbons (Fsp3) is 0.107. The van der Waals surface area contributed by atoms with E-state index in [0.29, 0.717) is 5.95 Å². The SMILES string of the molecule is CC1(C)c2ccccc2-c2c1ccc1c2ccc2c3ccccc3n(-c3ncncn3)c12. The molecule has 0 aliphatic heterocycles. The summed E-state index contributed by atoms with van der Waals surface area (Å²) >= 11 is 0. The lowest BCUT2D eigenvalue weighted by atomic mass is 9.82. The topological polar surface area (TPSA) is 43.6 Å². The van der Waals surface area contributed by atoms with E-state index in [0.717, 1.165) is 11.0 Å². The van der Waals surface area contributed by atoms with Crippen molar-refractivity contribution < 1.29 is 0 Å². The van der Waals surface area contributed by atoms with Crippen LogP contribution < -0.4 is 0 Å². The smallest absolute Gasteiger partial charge is 0.237 e. The molecule has 7 rings (SSSR count). The highest BCUT2D eigenvalue weighted by Gasteiger charge is 2.36. The molecule has 2 aromatic heterocycles. The number of para-hydroxylation sites is 1. The van der Waals surface area contributed by atoms with Gasteiger partial charge in [0.1, 0.15) is 12.7 Å². The summed E-state index contributed by atoms with van der Waals surface area (Å²) in [6.45, 7) is 4.65. The van der Waals surface area contributed by atoms with Crippen molar-refractivity contribution >= 4 is 32.6 Å². The van der Waals surface area contributed by atoms with Gasteiger partial charge in [0.2, 0.25) is 5.95 Å². The number of fused-ring (bicyclic) bond motifs is 9. The highest BCUT2D eigenvalue weighted by molar-refractivity contribution is 6.21. The van der Waals surface area contributed by atoms with E-state index >= 15 is 0 Å². The first-order valence-electron chi connectivity index (χ1n) is 10.9. The Kier molecular flexibility index (Phi) is 3.31. The molecule has 32 heavy (non-hydrogen) atoms. The summed E-state index contributed by atoms with van der Waals surface area (Å²) in [7, 11) is 0. The van der Waals surface area contributed by atoms with Gasteiger partial charge in [0.25, 0.3) is 0 Å². The van der Waals surface area contributed by atoms with Gasteiger partial charge in [-0.1, -0.05) is 80.6 Å². The van der Waals surface area contributed by atoms with Gasteiger partial charge in [-0.25, -0.2) is 15.0 Å². The van der Waals surface area contributed by atoms with Crippen LogP contribution in [0.1, 0.15) is 25.0 Å². The molecule has 0 fully saturated rings. The largest absolute Gasteiger partial charge is 0.277 e. The molecule has 6 aromatic rings. The van der Waals surface area contributed by atoms with Gasteiger partial charge in [-0.05, 0) is 33.7 Å². The van der Waals surface area contributed by atoms with Gasteiger partial charge in [0.15, 0.2) is 0 Å². The van der Waals surface area contributed by atoms with Crippen molar-refractivity contribution in [1.82, 2.24) is 19.5 Å². The minimum atomic E-state index is -0.0179. The van der Waals surface area contributed by atoms with Crippen molar-refractivity contribution in [3.05, 3.63) is 96.6 Å². The highest BCUT2D eigenvalue weighted by Crippen LogP contribution is 2.52. The first-order valence-corrected chi connectivity index (χ1v) is 10.9. The van der Waals surface area contributed by atoms with Gasteiger partial charge in [-0.2, -0.15) is 0 Å². The Morgan fingerprint density at radius 2 is 1.34 bits per heavy atom.